The molecule has 0 atom stereocenters. The van der Waals surface area contributed by atoms with Crippen LogP contribution in [0.4, 0.5) is 17.5 Å². The number of anilines is 3. The Hall–Kier alpha value is -2.70. The van der Waals surface area contributed by atoms with Crippen LogP contribution in [0.1, 0.15) is 31.2 Å². The average molecular weight is 366 g/mol. The lowest BCUT2D eigenvalue weighted by Gasteiger charge is -2.36. The summed E-state index contributed by atoms with van der Waals surface area (Å²) in [5, 5.41) is 11.8. The number of amides is 1. The Morgan fingerprint density at radius 3 is 2.48 bits per heavy atom. The average Bonchev–Trinajstić information content (AvgIpc) is 3.23. The minimum Gasteiger partial charge on any atom is -0.352 e. The van der Waals surface area contributed by atoms with Gasteiger partial charge in [0.2, 0.25) is 5.91 Å². The maximum Gasteiger partial charge on any atom is 0.225 e. The summed E-state index contributed by atoms with van der Waals surface area (Å²) in [5.74, 6) is 2.90. The summed E-state index contributed by atoms with van der Waals surface area (Å²) in [5.41, 5.74) is 1.14. The number of aryl methyl sites for hydroxylation is 1. The molecule has 0 unspecified atom stereocenters. The fourth-order valence-corrected chi connectivity index (χ4v) is 3.88. The van der Waals surface area contributed by atoms with Gasteiger partial charge in [0.25, 0.3) is 0 Å². The number of piperazine rings is 1. The molecule has 1 amide bonds. The summed E-state index contributed by atoms with van der Waals surface area (Å²) in [6.07, 6.45) is 6.30. The predicted molar refractivity (Wildman–Crippen MR) is 105 cm³/mol. The van der Waals surface area contributed by atoms with Gasteiger partial charge in [0.15, 0.2) is 11.6 Å². The number of aromatic nitrogens is 3. The molecule has 0 radical (unpaired) electrons. The molecule has 2 aliphatic rings. The quantitative estimate of drug-likeness (QED) is 0.897. The summed E-state index contributed by atoms with van der Waals surface area (Å²) >= 11 is 0. The Balaban J connectivity index is 1.32. The van der Waals surface area contributed by atoms with Crippen molar-refractivity contribution in [3.05, 3.63) is 36.0 Å². The molecule has 0 bridgehead atoms. The van der Waals surface area contributed by atoms with Gasteiger partial charge in [0.05, 0.1) is 0 Å². The number of hydrogen-bond donors (Lipinski definition) is 1. The van der Waals surface area contributed by atoms with Gasteiger partial charge >= 0.3 is 0 Å². The molecule has 1 saturated carbocycles. The van der Waals surface area contributed by atoms with E-state index in [0.29, 0.717) is 11.7 Å². The van der Waals surface area contributed by atoms with Crippen molar-refractivity contribution in [3.63, 3.8) is 0 Å². The molecule has 2 aromatic rings. The van der Waals surface area contributed by atoms with E-state index in [4.69, 9.17) is 0 Å². The summed E-state index contributed by atoms with van der Waals surface area (Å²) in [4.78, 5) is 21.1. The van der Waals surface area contributed by atoms with Crippen LogP contribution in [0.15, 0.2) is 30.5 Å². The first-order chi connectivity index (χ1) is 13.2. The largest absolute Gasteiger partial charge is 0.352 e. The number of nitrogens with zero attached hydrogens (tertiary/aromatic N) is 5. The van der Waals surface area contributed by atoms with Crippen molar-refractivity contribution in [2.24, 2.45) is 5.92 Å². The Morgan fingerprint density at radius 1 is 1.04 bits per heavy atom. The Kier molecular flexibility index (Phi) is 5.18. The van der Waals surface area contributed by atoms with Gasteiger partial charge in [-0.2, -0.15) is 0 Å². The van der Waals surface area contributed by atoms with E-state index in [0.717, 1.165) is 56.2 Å². The lowest BCUT2D eigenvalue weighted by molar-refractivity contribution is -0.135. The van der Waals surface area contributed by atoms with E-state index in [1.54, 1.807) is 6.20 Å². The second-order valence-corrected chi connectivity index (χ2v) is 7.41. The molecule has 4 rings (SSSR count). The van der Waals surface area contributed by atoms with Crippen LogP contribution in [0.3, 0.4) is 0 Å². The SMILES string of the molecule is Cc1ccnc(Nc2ccc(N3CCN(C(=O)C4CCCC4)CC3)nn2)c1. The van der Waals surface area contributed by atoms with E-state index in [1.165, 1.54) is 12.8 Å². The Bertz CT molecular complexity index is 779. The predicted octanol–water partition coefficient (Wildman–Crippen LogP) is 2.76. The smallest absolute Gasteiger partial charge is 0.225 e. The van der Waals surface area contributed by atoms with E-state index in [1.807, 2.05) is 36.1 Å². The first-order valence-electron chi connectivity index (χ1n) is 9.76. The highest BCUT2D eigenvalue weighted by Gasteiger charge is 2.29. The second-order valence-electron chi connectivity index (χ2n) is 7.41. The van der Waals surface area contributed by atoms with Gasteiger partial charge in [-0.25, -0.2) is 4.98 Å². The van der Waals surface area contributed by atoms with Crippen molar-refractivity contribution < 1.29 is 4.79 Å². The van der Waals surface area contributed by atoms with Gasteiger partial charge in [-0.15, -0.1) is 10.2 Å². The molecule has 2 aromatic heterocycles. The zero-order valence-corrected chi connectivity index (χ0v) is 15.8. The molecule has 1 aliphatic heterocycles. The van der Waals surface area contributed by atoms with Gasteiger partial charge in [0, 0.05) is 38.3 Å². The molecule has 142 valence electrons. The van der Waals surface area contributed by atoms with Crippen molar-refractivity contribution in [1.82, 2.24) is 20.1 Å². The molecule has 0 aromatic carbocycles. The molecular formula is C20H26N6O. The molecule has 0 spiro atoms. The topological polar surface area (TPSA) is 74.2 Å². The Morgan fingerprint density at radius 2 is 1.81 bits per heavy atom. The third-order valence-corrected chi connectivity index (χ3v) is 5.44. The maximum atomic E-state index is 12.6. The van der Waals surface area contributed by atoms with Gasteiger partial charge in [-0.1, -0.05) is 12.8 Å². The first kappa shape index (κ1) is 17.7. The molecule has 2 fully saturated rings. The molecule has 1 N–H and O–H groups in total. The number of rotatable bonds is 4. The zero-order valence-electron chi connectivity index (χ0n) is 15.8. The van der Waals surface area contributed by atoms with Crippen molar-refractivity contribution in [2.75, 3.05) is 36.4 Å². The van der Waals surface area contributed by atoms with Crippen LogP contribution in [-0.4, -0.2) is 52.2 Å². The fourth-order valence-electron chi connectivity index (χ4n) is 3.88. The lowest BCUT2D eigenvalue weighted by Crippen LogP contribution is -2.50. The number of hydrogen-bond acceptors (Lipinski definition) is 6. The summed E-state index contributed by atoms with van der Waals surface area (Å²) in [6.45, 7) is 5.17. The number of carbonyl (C=O) groups excluding carboxylic acids is 1. The van der Waals surface area contributed by atoms with Gasteiger partial charge in [-0.3, -0.25) is 4.79 Å². The standard InChI is InChI=1S/C20H26N6O/c1-15-8-9-21-18(14-15)22-17-6-7-19(24-23-17)25-10-12-26(13-11-25)20(27)16-4-2-3-5-16/h6-9,14,16H,2-5,10-13H2,1H3,(H,21,22,23). The van der Waals surface area contributed by atoms with Crippen LogP contribution in [0.25, 0.3) is 0 Å². The monoisotopic (exact) mass is 366 g/mol. The first-order valence-corrected chi connectivity index (χ1v) is 9.76. The molecule has 1 saturated heterocycles. The molecular weight excluding hydrogens is 340 g/mol. The van der Waals surface area contributed by atoms with Crippen LogP contribution >= 0.6 is 0 Å². The van der Waals surface area contributed by atoms with Crippen LogP contribution in [0, 0.1) is 12.8 Å². The Labute approximate surface area is 159 Å². The third-order valence-electron chi connectivity index (χ3n) is 5.44. The summed E-state index contributed by atoms with van der Waals surface area (Å²) in [6, 6.07) is 7.81. The van der Waals surface area contributed by atoms with E-state index in [2.05, 4.69) is 25.4 Å². The number of carbonyl (C=O) groups is 1. The van der Waals surface area contributed by atoms with Crippen LogP contribution < -0.4 is 10.2 Å². The van der Waals surface area contributed by atoms with Gasteiger partial charge < -0.3 is 15.1 Å². The van der Waals surface area contributed by atoms with Gasteiger partial charge in [-0.05, 0) is 49.6 Å². The molecule has 3 heterocycles. The van der Waals surface area contributed by atoms with E-state index in [-0.39, 0.29) is 5.92 Å². The summed E-state index contributed by atoms with van der Waals surface area (Å²) < 4.78 is 0. The molecule has 27 heavy (non-hydrogen) atoms. The van der Waals surface area contributed by atoms with E-state index >= 15 is 0 Å². The van der Waals surface area contributed by atoms with Gasteiger partial charge in [0.1, 0.15) is 5.82 Å². The van der Waals surface area contributed by atoms with Crippen LogP contribution in [-0.2, 0) is 4.79 Å². The lowest BCUT2D eigenvalue weighted by atomic mass is 10.1. The maximum absolute atomic E-state index is 12.6. The fraction of sp³-hybridized carbons (Fsp3) is 0.500. The highest BCUT2D eigenvalue weighted by atomic mass is 16.2. The molecule has 7 nitrogen and oxygen atoms in total. The second kappa shape index (κ2) is 7.90. The van der Waals surface area contributed by atoms with Crippen LogP contribution in [0.5, 0.6) is 0 Å². The molecule has 7 heteroatoms. The highest BCUT2D eigenvalue weighted by Crippen LogP contribution is 2.27. The van der Waals surface area contributed by atoms with E-state index in [9.17, 15) is 4.79 Å². The zero-order chi connectivity index (χ0) is 18.6. The van der Waals surface area contributed by atoms with Crippen LogP contribution in [0.2, 0.25) is 0 Å². The third kappa shape index (κ3) is 4.18. The number of pyridine rings is 1. The normalized spacial score (nSPS) is 18.0. The van der Waals surface area contributed by atoms with E-state index < -0.39 is 0 Å². The van der Waals surface area contributed by atoms with Crippen molar-refractivity contribution in [2.45, 2.75) is 32.6 Å². The number of nitrogens with one attached hydrogen (secondary N) is 1. The highest BCUT2D eigenvalue weighted by molar-refractivity contribution is 5.79. The minimum atomic E-state index is 0.261. The van der Waals surface area contributed by atoms with Crippen molar-refractivity contribution in [1.29, 1.82) is 0 Å². The van der Waals surface area contributed by atoms with Crippen molar-refractivity contribution in [3.8, 4) is 0 Å². The van der Waals surface area contributed by atoms with Crippen molar-refractivity contribution >= 4 is 23.4 Å². The summed E-state index contributed by atoms with van der Waals surface area (Å²) in [7, 11) is 0. The molecule has 1 aliphatic carbocycles. The minimum absolute atomic E-state index is 0.261.